The maximum absolute atomic E-state index is 13.3. The summed E-state index contributed by atoms with van der Waals surface area (Å²) in [4.78, 5) is 16.4. The number of amides is 1. The van der Waals surface area contributed by atoms with E-state index < -0.39 is 10.0 Å². The first kappa shape index (κ1) is 19.5. The second-order valence-electron chi connectivity index (χ2n) is 7.12. The van der Waals surface area contributed by atoms with Gasteiger partial charge < -0.3 is 4.90 Å². The van der Waals surface area contributed by atoms with E-state index in [-0.39, 0.29) is 10.8 Å². The number of carbonyl (C=O) groups excluding carboxylic acids is 1. The number of fused-ring (bicyclic) bond motifs is 1. The van der Waals surface area contributed by atoms with Gasteiger partial charge in [0.25, 0.3) is 5.91 Å². The SMILES string of the molecule is O=C(c1cccc(S(=O)(=O)N2CCCCC2)c1)N1CCCSc2ccccc21. The fraction of sp³-hybridized carbons (Fsp3) is 0.381. The van der Waals surface area contributed by atoms with Gasteiger partial charge in [0.05, 0.1) is 10.6 Å². The van der Waals surface area contributed by atoms with Crippen LogP contribution in [0.25, 0.3) is 0 Å². The molecule has 0 aromatic heterocycles. The Balaban J connectivity index is 1.65. The zero-order valence-electron chi connectivity index (χ0n) is 15.7. The monoisotopic (exact) mass is 416 g/mol. The highest BCUT2D eigenvalue weighted by molar-refractivity contribution is 7.99. The summed E-state index contributed by atoms with van der Waals surface area (Å²) in [5.41, 5.74) is 1.32. The molecule has 1 amide bonds. The predicted octanol–water partition coefficient (Wildman–Crippen LogP) is 4.00. The molecule has 0 unspecified atom stereocenters. The summed E-state index contributed by atoms with van der Waals surface area (Å²) >= 11 is 1.76. The number of sulfonamides is 1. The van der Waals surface area contributed by atoms with Crippen molar-refractivity contribution >= 4 is 33.4 Å². The largest absolute Gasteiger partial charge is 0.307 e. The van der Waals surface area contributed by atoms with Crippen LogP contribution in [-0.2, 0) is 10.0 Å². The summed E-state index contributed by atoms with van der Waals surface area (Å²) < 4.78 is 27.5. The number of piperidine rings is 1. The van der Waals surface area contributed by atoms with Crippen LogP contribution in [-0.4, -0.2) is 44.0 Å². The quantitative estimate of drug-likeness (QED) is 0.759. The first-order valence-corrected chi connectivity index (χ1v) is 12.1. The molecule has 4 rings (SSSR count). The molecule has 0 atom stereocenters. The minimum Gasteiger partial charge on any atom is -0.307 e. The number of para-hydroxylation sites is 1. The molecule has 2 aromatic rings. The van der Waals surface area contributed by atoms with Gasteiger partial charge in [0.1, 0.15) is 0 Å². The molecular weight excluding hydrogens is 392 g/mol. The summed E-state index contributed by atoms with van der Waals surface area (Å²) in [5, 5.41) is 0. The molecule has 1 fully saturated rings. The number of nitrogens with zero attached hydrogens (tertiary/aromatic N) is 2. The van der Waals surface area contributed by atoms with Crippen LogP contribution in [0, 0.1) is 0 Å². The van der Waals surface area contributed by atoms with E-state index in [2.05, 4.69) is 0 Å². The average Bonchev–Trinajstić information content (AvgIpc) is 2.96. The molecule has 0 aliphatic carbocycles. The van der Waals surface area contributed by atoms with Crippen LogP contribution in [0.4, 0.5) is 5.69 Å². The topological polar surface area (TPSA) is 57.7 Å². The summed E-state index contributed by atoms with van der Waals surface area (Å²) in [6.07, 6.45) is 3.74. The fourth-order valence-corrected chi connectivity index (χ4v) is 6.30. The van der Waals surface area contributed by atoms with Crippen molar-refractivity contribution in [2.45, 2.75) is 35.5 Å². The third kappa shape index (κ3) is 3.83. The van der Waals surface area contributed by atoms with Crippen molar-refractivity contribution in [3.8, 4) is 0 Å². The molecule has 0 radical (unpaired) electrons. The number of anilines is 1. The van der Waals surface area contributed by atoms with Crippen molar-refractivity contribution in [2.75, 3.05) is 30.3 Å². The highest BCUT2D eigenvalue weighted by atomic mass is 32.2. The van der Waals surface area contributed by atoms with E-state index in [1.165, 1.54) is 10.4 Å². The molecule has 0 bridgehead atoms. The minimum absolute atomic E-state index is 0.148. The van der Waals surface area contributed by atoms with Crippen LogP contribution < -0.4 is 4.90 Å². The molecule has 28 heavy (non-hydrogen) atoms. The highest BCUT2D eigenvalue weighted by Gasteiger charge is 2.28. The molecule has 0 spiro atoms. The minimum atomic E-state index is -3.56. The van der Waals surface area contributed by atoms with Gasteiger partial charge in [-0.15, -0.1) is 11.8 Å². The van der Waals surface area contributed by atoms with Crippen molar-refractivity contribution in [2.24, 2.45) is 0 Å². The first-order valence-electron chi connectivity index (χ1n) is 9.71. The van der Waals surface area contributed by atoms with E-state index in [1.54, 1.807) is 34.9 Å². The van der Waals surface area contributed by atoms with E-state index in [0.29, 0.717) is 25.2 Å². The Bertz CT molecular complexity index is 969. The van der Waals surface area contributed by atoms with Crippen molar-refractivity contribution in [3.05, 3.63) is 54.1 Å². The number of hydrogen-bond acceptors (Lipinski definition) is 4. The molecule has 2 aliphatic rings. The van der Waals surface area contributed by atoms with E-state index in [0.717, 1.165) is 42.0 Å². The van der Waals surface area contributed by atoms with Crippen molar-refractivity contribution in [1.29, 1.82) is 0 Å². The van der Waals surface area contributed by atoms with E-state index in [1.807, 2.05) is 24.3 Å². The van der Waals surface area contributed by atoms with Gasteiger partial charge in [-0.05, 0) is 55.3 Å². The number of benzene rings is 2. The molecule has 2 aromatic carbocycles. The first-order chi connectivity index (χ1) is 13.6. The van der Waals surface area contributed by atoms with Gasteiger partial charge in [-0.25, -0.2) is 8.42 Å². The maximum Gasteiger partial charge on any atom is 0.258 e. The fourth-order valence-electron chi connectivity index (χ4n) is 3.74. The van der Waals surface area contributed by atoms with Crippen molar-refractivity contribution in [1.82, 2.24) is 4.31 Å². The zero-order chi connectivity index (χ0) is 19.6. The summed E-state index contributed by atoms with van der Waals surface area (Å²) in [6, 6.07) is 14.4. The van der Waals surface area contributed by atoms with Crippen LogP contribution in [0.5, 0.6) is 0 Å². The third-order valence-electron chi connectivity index (χ3n) is 5.22. The normalized spacial score (nSPS) is 18.4. The lowest BCUT2D eigenvalue weighted by atomic mass is 10.1. The Morgan fingerprint density at radius 2 is 1.68 bits per heavy atom. The third-order valence-corrected chi connectivity index (χ3v) is 8.26. The Labute approximate surface area is 170 Å². The van der Waals surface area contributed by atoms with E-state index in [4.69, 9.17) is 0 Å². The maximum atomic E-state index is 13.3. The smallest absolute Gasteiger partial charge is 0.258 e. The van der Waals surface area contributed by atoms with Gasteiger partial charge in [-0.1, -0.05) is 24.6 Å². The molecule has 0 N–H and O–H groups in total. The molecular formula is C21H24N2O3S2. The summed E-state index contributed by atoms with van der Waals surface area (Å²) in [5.74, 6) is 0.815. The number of carbonyl (C=O) groups is 1. The molecule has 5 nitrogen and oxygen atoms in total. The van der Waals surface area contributed by atoms with Gasteiger partial charge in [-0.3, -0.25) is 4.79 Å². The lowest BCUT2D eigenvalue weighted by molar-refractivity contribution is 0.0986. The molecule has 7 heteroatoms. The van der Waals surface area contributed by atoms with Gasteiger partial charge in [0, 0.05) is 30.1 Å². The standard InChI is InChI=1S/C21H24N2O3S2/c24-21(23-14-7-15-27-20-11-3-2-10-19(20)23)17-8-6-9-18(16-17)28(25,26)22-12-4-1-5-13-22/h2-3,6,8-11,16H,1,4-5,7,12-15H2. The molecule has 148 valence electrons. The van der Waals surface area contributed by atoms with Crippen molar-refractivity contribution in [3.63, 3.8) is 0 Å². The highest BCUT2D eigenvalue weighted by Crippen LogP contribution is 2.34. The molecule has 2 heterocycles. The molecule has 1 saturated heterocycles. The summed E-state index contributed by atoms with van der Waals surface area (Å²) in [7, 11) is -3.56. The number of rotatable bonds is 3. The number of thioether (sulfide) groups is 1. The van der Waals surface area contributed by atoms with Crippen LogP contribution in [0.1, 0.15) is 36.0 Å². The Morgan fingerprint density at radius 3 is 2.50 bits per heavy atom. The second-order valence-corrected chi connectivity index (χ2v) is 10.2. The number of hydrogen-bond donors (Lipinski definition) is 0. The Morgan fingerprint density at radius 1 is 0.893 bits per heavy atom. The zero-order valence-corrected chi connectivity index (χ0v) is 17.3. The van der Waals surface area contributed by atoms with Crippen LogP contribution >= 0.6 is 11.8 Å². The molecule has 0 saturated carbocycles. The lowest BCUT2D eigenvalue weighted by Gasteiger charge is -2.26. The van der Waals surface area contributed by atoms with Crippen LogP contribution in [0.2, 0.25) is 0 Å². The lowest BCUT2D eigenvalue weighted by Crippen LogP contribution is -2.36. The van der Waals surface area contributed by atoms with E-state index >= 15 is 0 Å². The predicted molar refractivity (Wildman–Crippen MR) is 113 cm³/mol. The van der Waals surface area contributed by atoms with Gasteiger partial charge in [0.2, 0.25) is 10.0 Å². The van der Waals surface area contributed by atoms with E-state index in [9.17, 15) is 13.2 Å². The van der Waals surface area contributed by atoms with Gasteiger partial charge in [0.15, 0.2) is 0 Å². The average molecular weight is 417 g/mol. The summed E-state index contributed by atoms with van der Waals surface area (Å²) in [6.45, 7) is 1.74. The molecule has 2 aliphatic heterocycles. The Hall–Kier alpha value is -1.83. The van der Waals surface area contributed by atoms with Gasteiger partial charge in [-0.2, -0.15) is 4.31 Å². The Kier molecular flexibility index (Phi) is 5.75. The second kappa shape index (κ2) is 8.27. The van der Waals surface area contributed by atoms with Crippen molar-refractivity contribution < 1.29 is 13.2 Å². The van der Waals surface area contributed by atoms with Crippen LogP contribution in [0.3, 0.4) is 0 Å². The van der Waals surface area contributed by atoms with Gasteiger partial charge >= 0.3 is 0 Å². The van der Waals surface area contributed by atoms with Crippen LogP contribution in [0.15, 0.2) is 58.3 Å².